The Balaban J connectivity index is 1.73. The van der Waals surface area contributed by atoms with Crippen LogP contribution in [0.4, 0.5) is 5.69 Å². The molecule has 6 heteroatoms. The van der Waals surface area contributed by atoms with E-state index in [1.165, 1.54) is 24.1 Å². The van der Waals surface area contributed by atoms with Crippen LogP contribution in [-0.4, -0.2) is 38.3 Å². The van der Waals surface area contributed by atoms with E-state index in [-0.39, 0.29) is 0 Å². The van der Waals surface area contributed by atoms with Crippen molar-refractivity contribution < 1.29 is 4.74 Å². The Labute approximate surface area is 133 Å². The summed E-state index contributed by atoms with van der Waals surface area (Å²) in [4.78, 5) is 6.82. The summed E-state index contributed by atoms with van der Waals surface area (Å²) in [5.41, 5.74) is 8.33. The lowest BCUT2D eigenvalue weighted by Crippen LogP contribution is -2.37. The number of rotatable bonds is 4. The third-order valence-electron chi connectivity index (χ3n) is 3.75. The lowest BCUT2D eigenvalue weighted by atomic mass is 10.1. The summed E-state index contributed by atoms with van der Waals surface area (Å²) >= 11 is 3.55. The standard InChI is InChI=1S/C15H21BrN4O/c16-12-2-1-11(10-18-15(17)19-13-3-4-13)14(9-12)20-5-7-21-8-6-20/h1-2,9,13H,3-8,10H2,(H3,17,18,19). The van der Waals surface area contributed by atoms with E-state index < -0.39 is 0 Å². The van der Waals surface area contributed by atoms with Crippen LogP contribution >= 0.6 is 15.9 Å². The Morgan fingerprint density at radius 1 is 1.38 bits per heavy atom. The maximum absolute atomic E-state index is 5.92. The minimum atomic E-state index is 0.539. The summed E-state index contributed by atoms with van der Waals surface area (Å²) in [6.45, 7) is 4.00. The molecular weight excluding hydrogens is 332 g/mol. The van der Waals surface area contributed by atoms with Crippen LogP contribution in [0.1, 0.15) is 18.4 Å². The highest BCUT2D eigenvalue weighted by molar-refractivity contribution is 9.10. The molecule has 21 heavy (non-hydrogen) atoms. The van der Waals surface area contributed by atoms with Crippen molar-refractivity contribution in [3.63, 3.8) is 0 Å². The monoisotopic (exact) mass is 352 g/mol. The Morgan fingerprint density at radius 2 is 2.14 bits per heavy atom. The van der Waals surface area contributed by atoms with E-state index in [4.69, 9.17) is 10.5 Å². The lowest BCUT2D eigenvalue weighted by molar-refractivity contribution is 0.122. The smallest absolute Gasteiger partial charge is 0.189 e. The normalized spacial score (nSPS) is 19.7. The van der Waals surface area contributed by atoms with Gasteiger partial charge in [0.1, 0.15) is 0 Å². The van der Waals surface area contributed by atoms with E-state index in [1.807, 2.05) is 0 Å². The minimum absolute atomic E-state index is 0.539. The van der Waals surface area contributed by atoms with Crippen LogP contribution < -0.4 is 16.0 Å². The number of benzene rings is 1. The molecule has 114 valence electrons. The average molecular weight is 353 g/mol. The first-order chi connectivity index (χ1) is 10.2. The summed E-state index contributed by atoms with van der Waals surface area (Å²) in [5, 5.41) is 3.22. The van der Waals surface area contributed by atoms with Crippen LogP contribution in [0.2, 0.25) is 0 Å². The predicted octanol–water partition coefficient (Wildman–Crippen LogP) is 1.85. The molecule has 3 rings (SSSR count). The van der Waals surface area contributed by atoms with Gasteiger partial charge in [-0.1, -0.05) is 22.0 Å². The van der Waals surface area contributed by atoms with Crippen molar-refractivity contribution in [1.82, 2.24) is 5.32 Å². The third kappa shape index (κ3) is 4.11. The van der Waals surface area contributed by atoms with Gasteiger partial charge in [-0.15, -0.1) is 0 Å². The molecule has 3 N–H and O–H groups in total. The Bertz CT molecular complexity index is 524. The molecule has 2 fully saturated rings. The molecule has 0 radical (unpaired) electrons. The Morgan fingerprint density at radius 3 is 2.86 bits per heavy atom. The number of morpholine rings is 1. The van der Waals surface area contributed by atoms with Crippen molar-refractivity contribution in [1.29, 1.82) is 0 Å². The van der Waals surface area contributed by atoms with Crippen LogP contribution in [-0.2, 0) is 11.3 Å². The number of anilines is 1. The Kier molecular flexibility index (Phi) is 4.65. The summed E-state index contributed by atoms with van der Waals surface area (Å²) < 4.78 is 6.51. The molecule has 1 saturated heterocycles. The summed E-state index contributed by atoms with van der Waals surface area (Å²) in [7, 11) is 0. The minimum Gasteiger partial charge on any atom is -0.378 e. The Hall–Kier alpha value is -1.27. The van der Waals surface area contributed by atoms with Crippen LogP contribution in [0.25, 0.3) is 0 Å². The summed E-state index contributed by atoms with van der Waals surface area (Å²) in [6.07, 6.45) is 2.40. The molecule has 1 aliphatic heterocycles. The van der Waals surface area contributed by atoms with Crippen molar-refractivity contribution in [3.8, 4) is 0 Å². The van der Waals surface area contributed by atoms with Gasteiger partial charge in [0.25, 0.3) is 0 Å². The number of hydrogen-bond donors (Lipinski definition) is 2. The topological polar surface area (TPSA) is 62.9 Å². The zero-order valence-corrected chi connectivity index (χ0v) is 13.6. The van der Waals surface area contributed by atoms with Crippen molar-refractivity contribution in [3.05, 3.63) is 28.2 Å². The number of guanidine groups is 1. The highest BCUT2D eigenvalue weighted by Crippen LogP contribution is 2.26. The molecule has 1 heterocycles. The van der Waals surface area contributed by atoms with E-state index >= 15 is 0 Å². The number of nitrogens with zero attached hydrogens (tertiary/aromatic N) is 2. The fourth-order valence-corrected chi connectivity index (χ4v) is 2.77. The van der Waals surface area contributed by atoms with Crippen molar-refractivity contribution in [2.24, 2.45) is 10.7 Å². The van der Waals surface area contributed by atoms with E-state index in [0.717, 1.165) is 30.8 Å². The second-order valence-corrected chi connectivity index (χ2v) is 6.41. The lowest BCUT2D eigenvalue weighted by Gasteiger charge is -2.30. The molecule has 1 aromatic rings. The van der Waals surface area contributed by atoms with Crippen molar-refractivity contribution >= 4 is 27.6 Å². The zero-order valence-electron chi connectivity index (χ0n) is 12.0. The molecule has 0 atom stereocenters. The largest absolute Gasteiger partial charge is 0.378 e. The molecule has 5 nitrogen and oxygen atoms in total. The van der Waals surface area contributed by atoms with E-state index in [9.17, 15) is 0 Å². The van der Waals surface area contributed by atoms with Gasteiger partial charge in [0.2, 0.25) is 0 Å². The van der Waals surface area contributed by atoms with Gasteiger partial charge < -0.3 is 20.7 Å². The molecular formula is C15H21BrN4O. The fraction of sp³-hybridized carbons (Fsp3) is 0.533. The van der Waals surface area contributed by atoms with Crippen molar-refractivity contribution in [2.45, 2.75) is 25.4 Å². The highest BCUT2D eigenvalue weighted by atomic mass is 79.9. The summed E-state index contributed by atoms with van der Waals surface area (Å²) in [6, 6.07) is 6.86. The first kappa shape index (κ1) is 14.7. The number of aliphatic imine (C=N–C) groups is 1. The van der Waals surface area contributed by atoms with Crippen LogP contribution in [0.5, 0.6) is 0 Å². The van der Waals surface area contributed by atoms with E-state index in [2.05, 4.69) is 49.3 Å². The first-order valence-corrected chi connectivity index (χ1v) is 8.19. The summed E-state index contributed by atoms with van der Waals surface area (Å²) in [5.74, 6) is 0.549. The molecule has 1 aromatic carbocycles. The number of hydrogen-bond acceptors (Lipinski definition) is 3. The highest BCUT2D eigenvalue weighted by Gasteiger charge is 2.21. The maximum Gasteiger partial charge on any atom is 0.189 e. The van der Waals surface area contributed by atoms with Gasteiger partial charge in [-0.2, -0.15) is 0 Å². The van der Waals surface area contributed by atoms with Crippen molar-refractivity contribution in [2.75, 3.05) is 31.2 Å². The van der Waals surface area contributed by atoms with E-state index in [0.29, 0.717) is 18.5 Å². The van der Waals surface area contributed by atoms with Gasteiger partial charge in [-0.3, -0.25) is 0 Å². The molecule has 0 amide bonds. The second-order valence-electron chi connectivity index (χ2n) is 5.49. The van der Waals surface area contributed by atoms with Gasteiger partial charge in [-0.05, 0) is 30.5 Å². The molecule has 2 aliphatic rings. The SMILES string of the molecule is NC(=NCc1ccc(Br)cc1N1CCOCC1)NC1CC1. The third-order valence-corrected chi connectivity index (χ3v) is 4.24. The zero-order chi connectivity index (χ0) is 14.7. The van der Waals surface area contributed by atoms with Gasteiger partial charge in [0.15, 0.2) is 5.96 Å². The number of nitrogens with two attached hydrogens (primary N) is 1. The second kappa shape index (κ2) is 6.66. The quantitative estimate of drug-likeness (QED) is 0.641. The molecule has 1 saturated carbocycles. The first-order valence-electron chi connectivity index (χ1n) is 7.40. The molecule has 0 bridgehead atoms. The van der Waals surface area contributed by atoms with Crippen LogP contribution in [0.3, 0.4) is 0 Å². The number of ether oxygens (including phenoxy) is 1. The number of halogens is 1. The average Bonchev–Trinajstić information content (AvgIpc) is 3.31. The fourth-order valence-electron chi connectivity index (χ4n) is 2.42. The van der Waals surface area contributed by atoms with Gasteiger partial charge in [0, 0.05) is 29.3 Å². The molecule has 1 aliphatic carbocycles. The van der Waals surface area contributed by atoms with Gasteiger partial charge >= 0.3 is 0 Å². The molecule has 0 spiro atoms. The van der Waals surface area contributed by atoms with E-state index in [1.54, 1.807) is 0 Å². The molecule has 0 unspecified atom stereocenters. The predicted molar refractivity (Wildman–Crippen MR) is 88.7 cm³/mol. The van der Waals surface area contributed by atoms with Gasteiger partial charge in [-0.25, -0.2) is 4.99 Å². The van der Waals surface area contributed by atoms with Crippen LogP contribution in [0, 0.1) is 0 Å². The maximum atomic E-state index is 5.92. The van der Waals surface area contributed by atoms with Crippen LogP contribution in [0.15, 0.2) is 27.7 Å². The molecule has 0 aromatic heterocycles. The van der Waals surface area contributed by atoms with Gasteiger partial charge in [0.05, 0.1) is 19.8 Å². The number of nitrogens with one attached hydrogen (secondary N) is 1.